The molecule has 3 aromatic rings. The van der Waals surface area contributed by atoms with Crippen LogP contribution in [0.4, 0.5) is 0 Å². The summed E-state index contributed by atoms with van der Waals surface area (Å²) < 4.78 is 5.62. The second kappa shape index (κ2) is 9.47. The number of aromatic nitrogens is 2. The average Bonchev–Trinajstić information content (AvgIpc) is 2.80. The summed E-state index contributed by atoms with van der Waals surface area (Å²) in [4.78, 5) is 41.5. The summed E-state index contributed by atoms with van der Waals surface area (Å²) in [6.07, 6.45) is 3.61. The molecule has 0 spiro atoms. The van der Waals surface area contributed by atoms with Crippen LogP contribution in [0.1, 0.15) is 53.2 Å². The number of hydrogen-bond donors (Lipinski definition) is 3. The molecule has 1 saturated carbocycles. The summed E-state index contributed by atoms with van der Waals surface area (Å²) in [6.45, 7) is 0.110. The van der Waals surface area contributed by atoms with E-state index < -0.39 is 17.2 Å². The molecule has 7 heteroatoms. The Morgan fingerprint density at radius 1 is 0.903 bits per heavy atom. The lowest BCUT2D eigenvalue weighted by atomic mass is 9.82. The van der Waals surface area contributed by atoms with Crippen LogP contribution < -0.4 is 21.3 Å². The van der Waals surface area contributed by atoms with Crippen LogP contribution in [-0.2, 0) is 6.61 Å². The molecule has 1 fully saturated rings. The molecule has 1 heterocycles. The Kier molecular flexibility index (Phi) is 6.31. The Morgan fingerprint density at radius 3 is 2.23 bits per heavy atom. The molecular weight excluding hydrogens is 394 g/mol. The summed E-state index contributed by atoms with van der Waals surface area (Å²) >= 11 is 0. The van der Waals surface area contributed by atoms with Gasteiger partial charge in [-0.05, 0) is 42.7 Å². The second-order valence-corrected chi connectivity index (χ2v) is 7.82. The minimum Gasteiger partial charge on any atom is -0.481 e. The standard InChI is InChI=1S/C24H25N3O4/c28-22(25-19-13-11-18(12-14-19)17-9-5-2-6-10-17)20-21(23(29)27-24(30)26-20)31-15-16-7-3-1-4-8-16/h1-10,18-19H,11-15H2,(H,25,28)(H2,26,27,29,30). The van der Waals surface area contributed by atoms with Gasteiger partial charge in [0.1, 0.15) is 6.61 Å². The first-order chi connectivity index (χ1) is 15.1. The quantitative estimate of drug-likeness (QED) is 0.571. The van der Waals surface area contributed by atoms with Crippen molar-refractivity contribution < 1.29 is 9.53 Å². The molecule has 3 N–H and O–H groups in total. The van der Waals surface area contributed by atoms with E-state index in [2.05, 4.69) is 27.4 Å². The van der Waals surface area contributed by atoms with Gasteiger partial charge in [0.25, 0.3) is 11.5 Å². The third-order valence-corrected chi connectivity index (χ3v) is 5.69. The van der Waals surface area contributed by atoms with E-state index >= 15 is 0 Å². The predicted octanol–water partition coefficient (Wildman–Crippen LogP) is 3.10. The Bertz CT molecular complexity index is 1130. The maximum atomic E-state index is 12.9. The number of hydrogen-bond acceptors (Lipinski definition) is 4. The van der Waals surface area contributed by atoms with Crippen molar-refractivity contribution in [2.45, 2.75) is 44.2 Å². The van der Waals surface area contributed by atoms with Crippen LogP contribution in [0.3, 0.4) is 0 Å². The Labute approximate surface area is 179 Å². The summed E-state index contributed by atoms with van der Waals surface area (Å²) in [5.74, 6) is -0.202. The molecule has 0 atom stereocenters. The lowest BCUT2D eigenvalue weighted by Gasteiger charge is -2.29. The van der Waals surface area contributed by atoms with E-state index in [-0.39, 0.29) is 24.1 Å². The highest BCUT2D eigenvalue weighted by atomic mass is 16.5. The lowest BCUT2D eigenvalue weighted by molar-refractivity contribution is 0.0914. The van der Waals surface area contributed by atoms with Crippen LogP contribution in [0.25, 0.3) is 0 Å². The number of amides is 1. The summed E-state index contributed by atoms with van der Waals surface area (Å²) in [5, 5.41) is 2.96. The highest BCUT2D eigenvalue weighted by molar-refractivity contribution is 5.94. The van der Waals surface area contributed by atoms with Gasteiger partial charge >= 0.3 is 5.69 Å². The van der Waals surface area contributed by atoms with E-state index in [0.717, 1.165) is 31.2 Å². The van der Waals surface area contributed by atoms with Gasteiger partial charge in [-0.2, -0.15) is 0 Å². The fourth-order valence-electron chi connectivity index (χ4n) is 4.06. The van der Waals surface area contributed by atoms with Crippen molar-refractivity contribution in [2.24, 2.45) is 0 Å². The van der Waals surface area contributed by atoms with Crippen LogP contribution in [0.2, 0.25) is 0 Å². The first-order valence-corrected chi connectivity index (χ1v) is 10.5. The van der Waals surface area contributed by atoms with Gasteiger partial charge in [-0.15, -0.1) is 0 Å². The van der Waals surface area contributed by atoms with Crippen molar-refractivity contribution in [3.63, 3.8) is 0 Å². The second-order valence-electron chi connectivity index (χ2n) is 7.82. The Morgan fingerprint density at radius 2 is 1.55 bits per heavy atom. The number of nitrogens with one attached hydrogen (secondary N) is 3. The van der Waals surface area contributed by atoms with Gasteiger partial charge in [0.05, 0.1) is 0 Å². The molecule has 4 rings (SSSR count). The van der Waals surface area contributed by atoms with E-state index in [9.17, 15) is 14.4 Å². The van der Waals surface area contributed by atoms with Gasteiger partial charge in [0.2, 0.25) is 5.75 Å². The molecule has 0 aliphatic heterocycles. The normalized spacial score (nSPS) is 18.3. The smallest absolute Gasteiger partial charge is 0.326 e. The van der Waals surface area contributed by atoms with Crippen molar-refractivity contribution >= 4 is 5.91 Å². The van der Waals surface area contributed by atoms with Crippen LogP contribution in [0.5, 0.6) is 5.75 Å². The highest BCUT2D eigenvalue weighted by Gasteiger charge is 2.26. The number of carbonyl (C=O) groups is 1. The summed E-state index contributed by atoms with van der Waals surface area (Å²) in [6, 6.07) is 19.7. The number of benzene rings is 2. The van der Waals surface area contributed by atoms with Crippen LogP contribution in [0, 0.1) is 0 Å². The Hall–Kier alpha value is -3.61. The zero-order chi connectivity index (χ0) is 21.6. The van der Waals surface area contributed by atoms with E-state index in [0.29, 0.717) is 5.92 Å². The fourth-order valence-corrected chi connectivity index (χ4v) is 4.06. The zero-order valence-corrected chi connectivity index (χ0v) is 17.1. The number of H-pyrrole nitrogens is 2. The monoisotopic (exact) mass is 419 g/mol. The summed E-state index contributed by atoms with van der Waals surface area (Å²) in [5.41, 5.74) is 0.559. The van der Waals surface area contributed by atoms with Gasteiger partial charge in [0.15, 0.2) is 5.69 Å². The van der Waals surface area contributed by atoms with Gasteiger partial charge in [-0.25, -0.2) is 4.79 Å². The molecule has 0 unspecified atom stereocenters. The summed E-state index contributed by atoms with van der Waals surface area (Å²) in [7, 11) is 0. The SMILES string of the molecule is O=C(NC1CCC(c2ccccc2)CC1)c1[nH]c(=O)[nH]c(=O)c1OCc1ccccc1. The first-order valence-electron chi connectivity index (χ1n) is 10.5. The molecule has 1 aromatic heterocycles. The topological polar surface area (TPSA) is 104 Å². The van der Waals surface area contributed by atoms with Gasteiger partial charge in [-0.3, -0.25) is 19.6 Å². The van der Waals surface area contributed by atoms with E-state index in [1.165, 1.54) is 5.56 Å². The molecular formula is C24H25N3O4. The largest absolute Gasteiger partial charge is 0.481 e. The number of rotatable bonds is 6. The third-order valence-electron chi connectivity index (χ3n) is 5.69. The molecule has 7 nitrogen and oxygen atoms in total. The van der Waals surface area contributed by atoms with Crippen LogP contribution in [-0.4, -0.2) is 21.9 Å². The van der Waals surface area contributed by atoms with Crippen molar-refractivity contribution in [1.29, 1.82) is 0 Å². The van der Waals surface area contributed by atoms with Crippen LogP contribution >= 0.6 is 0 Å². The van der Waals surface area contributed by atoms with Crippen LogP contribution in [0.15, 0.2) is 70.3 Å². The molecule has 0 radical (unpaired) electrons. The Balaban J connectivity index is 1.43. The van der Waals surface area contributed by atoms with E-state index in [1.54, 1.807) is 0 Å². The number of ether oxygens (including phenoxy) is 1. The van der Waals surface area contributed by atoms with Crippen molar-refractivity contribution in [2.75, 3.05) is 0 Å². The minimum atomic E-state index is -0.741. The minimum absolute atomic E-state index is 0.0165. The van der Waals surface area contributed by atoms with E-state index in [4.69, 9.17) is 4.74 Å². The molecule has 1 aliphatic carbocycles. The van der Waals surface area contributed by atoms with Gasteiger partial charge in [-0.1, -0.05) is 60.7 Å². The molecule has 0 bridgehead atoms. The molecule has 2 aromatic carbocycles. The van der Waals surface area contributed by atoms with Gasteiger partial charge < -0.3 is 10.1 Å². The zero-order valence-electron chi connectivity index (χ0n) is 17.1. The molecule has 160 valence electrons. The van der Waals surface area contributed by atoms with E-state index in [1.807, 2.05) is 48.5 Å². The van der Waals surface area contributed by atoms with Crippen molar-refractivity contribution in [1.82, 2.24) is 15.3 Å². The third kappa shape index (κ3) is 5.12. The van der Waals surface area contributed by atoms with Crippen molar-refractivity contribution in [3.05, 3.63) is 98.3 Å². The predicted molar refractivity (Wildman–Crippen MR) is 117 cm³/mol. The lowest BCUT2D eigenvalue weighted by Crippen LogP contribution is -2.40. The molecule has 31 heavy (non-hydrogen) atoms. The first kappa shape index (κ1) is 20.7. The number of carbonyl (C=O) groups excluding carboxylic acids is 1. The van der Waals surface area contributed by atoms with Gasteiger partial charge in [0, 0.05) is 6.04 Å². The molecule has 1 amide bonds. The average molecular weight is 419 g/mol. The molecule has 1 aliphatic rings. The maximum Gasteiger partial charge on any atom is 0.326 e. The fraction of sp³-hybridized carbons (Fsp3) is 0.292. The molecule has 0 saturated heterocycles. The van der Waals surface area contributed by atoms with Crippen molar-refractivity contribution in [3.8, 4) is 5.75 Å². The number of aromatic amines is 2. The highest BCUT2D eigenvalue weighted by Crippen LogP contribution is 2.32. The maximum absolute atomic E-state index is 12.9.